The molecule has 0 bridgehead atoms. The van der Waals surface area contributed by atoms with E-state index in [9.17, 15) is 5.11 Å². The van der Waals surface area contributed by atoms with Gasteiger partial charge in [0.1, 0.15) is 5.60 Å². The highest BCUT2D eigenvalue weighted by molar-refractivity contribution is 5.12. The van der Waals surface area contributed by atoms with Crippen LogP contribution in [0.4, 0.5) is 0 Å². The normalized spacial score (nSPS) is 16.8. The predicted molar refractivity (Wildman–Crippen MR) is 45.2 cm³/mol. The molecule has 0 aliphatic rings. The highest BCUT2D eigenvalue weighted by Gasteiger charge is 2.27. The summed E-state index contributed by atoms with van der Waals surface area (Å²) in [7, 11) is 0. The Morgan fingerprint density at radius 3 is 2.55 bits per heavy atom. The Labute approximate surface area is 67.3 Å². The quantitative estimate of drug-likeness (QED) is 0.668. The zero-order valence-electron chi connectivity index (χ0n) is 7.26. The van der Waals surface area contributed by atoms with Gasteiger partial charge in [0, 0.05) is 11.9 Å². The van der Waals surface area contributed by atoms with Gasteiger partial charge in [-0.05, 0) is 25.0 Å². The molecule has 0 aliphatic heterocycles. The van der Waals surface area contributed by atoms with Crippen molar-refractivity contribution in [3.05, 3.63) is 24.0 Å². The molecule has 1 heterocycles. The van der Waals surface area contributed by atoms with Gasteiger partial charge in [-0.15, -0.1) is 0 Å². The molecule has 62 valence electrons. The van der Waals surface area contributed by atoms with Gasteiger partial charge in [0.25, 0.3) is 0 Å². The molecule has 0 amide bonds. The van der Waals surface area contributed by atoms with Gasteiger partial charge in [0.15, 0.2) is 0 Å². The molecule has 0 saturated heterocycles. The van der Waals surface area contributed by atoms with Crippen molar-refractivity contribution < 1.29 is 5.11 Å². The summed E-state index contributed by atoms with van der Waals surface area (Å²) in [6.45, 7) is 5.82. The van der Waals surface area contributed by atoms with Crippen LogP contribution in [0.2, 0.25) is 0 Å². The van der Waals surface area contributed by atoms with E-state index in [-0.39, 0.29) is 5.92 Å². The highest BCUT2D eigenvalue weighted by atomic mass is 16.3. The number of aromatic amines is 1. The number of H-pyrrole nitrogens is 1. The van der Waals surface area contributed by atoms with Gasteiger partial charge in [0.2, 0.25) is 0 Å². The lowest BCUT2D eigenvalue weighted by atomic mass is 9.89. The SMILES string of the molecule is CC(C)C(C)(O)c1ccc[nH]1. The number of nitrogens with one attached hydrogen (secondary N) is 1. The van der Waals surface area contributed by atoms with Crippen molar-refractivity contribution in [1.82, 2.24) is 4.98 Å². The zero-order valence-corrected chi connectivity index (χ0v) is 7.26. The van der Waals surface area contributed by atoms with Crippen LogP contribution in [-0.4, -0.2) is 10.1 Å². The lowest BCUT2D eigenvalue weighted by molar-refractivity contribution is 0.00536. The molecule has 0 aromatic carbocycles. The predicted octanol–water partition coefficient (Wildman–Crippen LogP) is 1.88. The van der Waals surface area contributed by atoms with E-state index in [4.69, 9.17) is 0 Å². The van der Waals surface area contributed by atoms with Crippen LogP contribution in [0.3, 0.4) is 0 Å². The summed E-state index contributed by atoms with van der Waals surface area (Å²) in [4.78, 5) is 3.01. The zero-order chi connectivity index (χ0) is 8.48. The van der Waals surface area contributed by atoms with Crippen molar-refractivity contribution in [2.75, 3.05) is 0 Å². The topological polar surface area (TPSA) is 36.0 Å². The summed E-state index contributed by atoms with van der Waals surface area (Å²) in [6.07, 6.45) is 1.83. The van der Waals surface area contributed by atoms with Crippen molar-refractivity contribution in [1.29, 1.82) is 0 Å². The molecular formula is C9H15NO. The molecule has 1 unspecified atom stereocenters. The Bertz CT molecular complexity index is 211. The van der Waals surface area contributed by atoms with Crippen LogP contribution in [0.5, 0.6) is 0 Å². The monoisotopic (exact) mass is 153 g/mol. The van der Waals surface area contributed by atoms with Crippen molar-refractivity contribution in [2.24, 2.45) is 5.92 Å². The van der Waals surface area contributed by atoms with Crippen molar-refractivity contribution in [2.45, 2.75) is 26.4 Å². The fourth-order valence-corrected chi connectivity index (χ4v) is 0.956. The second-order valence-electron chi connectivity index (χ2n) is 3.39. The molecule has 0 fully saturated rings. The Hall–Kier alpha value is -0.760. The molecule has 1 atom stereocenters. The Kier molecular flexibility index (Phi) is 2.05. The third kappa shape index (κ3) is 1.46. The molecule has 0 spiro atoms. The molecule has 1 rings (SSSR count). The van der Waals surface area contributed by atoms with Crippen LogP contribution < -0.4 is 0 Å². The minimum atomic E-state index is -0.733. The van der Waals surface area contributed by atoms with Gasteiger partial charge in [-0.25, -0.2) is 0 Å². The maximum Gasteiger partial charge on any atom is 0.104 e. The number of rotatable bonds is 2. The smallest absolute Gasteiger partial charge is 0.104 e. The van der Waals surface area contributed by atoms with Crippen LogP contribution in [0.15, 0.2) is 18.3 Å². The van der Waals surface area contributed by atoms with Crippen LogP contribution in [-0.2, 0) is 5.60 Å². The first-order chi connectivity index (χ1) is 5.05. The fraction of sp³-hybridized carbons (Fsp3) is 0.556. The molecule has 1 aromatic rings. The van der Waals surface area contributed by atoms with E-state index in [0.717, 1.165) is 5.69 Å². The summed E-state index contributed by atoms with van der Waals surface area (Å²) in [5, 5.41) is 9.92. The van der Waals surface area contributed by atoms with E-state index < -0.39 is 5.60 Å². The number of hydrogen-bond donors (Lipinski definition) is 2. The largest absolute Gasteiger partial charge is 0.384 e. The highest BCUT2D eigenvalue weighted by Crippen LogP contribution is 2.26. The van der Waals surface area contributed by atoms with Gasteiger partial charge >= 0.3 is 0 Å². The van der Waals surface area contributed by atoms with Crippen molar-refractivity contribution in [3.63, 3.8) is 0 Å². The first-order valence-corrected chi connectivity index (χ1v) is 3.91. The minimum absolute atomic E-state index is 0.223. The lowest BCUT2D eigenvalue weighted by Gasteiger charge is -2.26. The Balaban J connectivity index is 2.90. The summed E-state index contributed by atoms with van der Waals surface area (Å²) < 4.78 is 0. The third-order valence-electron chi connectivity index (χ3n) is 2.27. The number of aromatic nitrogens is 1. The van der Waals surface area contributed by atoms with E-state index >= 15 is 0 Å². The van der Waals surface area contributed by atoms with Gasteiger partial charge in [-0.1, -0.05) is 13.8 Å². The van der Waals surface area contributed by atoms with E-state index in [0.29, 0.717) is 0 Å². The molecule has 2 heteroatoms. The molecule has 2 nitrogen and oxygen atoms in total. The van der Waals surface area contributed by atoms with Gasteiger partial charge in [0.05, 0.1) is 0 Å². The minimum Gasteiger partial charge on any atom is -0.384 e. The summed E-state index contributed by atoms with van der Waals surface area (Å²) in [5.41, 5.74) is 0.149. The molecule has 2 N–H and O–H groups in total. The van der Waals surface area contributed by atoms with E-state index in [1.165, 1.54) is 0 Å². The fourth-order valence-electron chi connectivity index (χ4n) is 0.956. The summed E-state index contributed by atoms with van der Waals surface area (Å²) >= 11 is 0. The van der Waals surface area contributed by atoms with E-state index in [1.807, 2.05) is 39.1 Å². The molecular weight excluding hydrogens is 138 g/mol. The molecule has 0 radical (unpaired) electrons. The van der Waals surface area contributed by atoms with E-state index in [2.05, 4.69) is 4.98 Å². The first kappa shape index (κ1) is 8.34. The second-order valence-corrected chi connectivity index (χ2v) is 3.39. The van der Waals surface area contributed by atoms with Gasteiger partial charge < -0.3 is 10.1 Å². The maximum absolute atomic E-state index is 9.92. The Morgan fingerprint density at radius 1 is 1.55 bits per heavy atom. The Morgan fingerprint density at radius 2 is 2.18 bits per heavy atom. The third-order valence-corrected chi connectivity index (χ3v) is 2.27. The average Bonchev–Trinajstić information content (AvgIpc) is 2.37. The average molecular weight is 153 g/mol. The van der Waals surface area contributed by atoms with E-state index in [1.54, 1.807) is 0 Å². The molecule has 0 saturated carbocycles. The molecule has 1 aromatic heterocycles. The van der Waals surface area contributed by atoms with Crippen molar-refractivity contribution in [3.8, 4) is 0 Å². The molecule has 11 heavy (non-hydrogen) atoms. The lowest BCUT2D eigenvalue weighted by Crippen LogP contribution is -2.28. The van der Waals surface area contributed by atoms with Crippen LogP contribution >= 0.6 is 0 Å². The van der Waals surface area contributed by atoms with Crippen molar-refractivity contribution >= 4 is 0 Å². The second kappa shape index (κ2) is 2.70. The number of hydrogen-bond acceptors (Lipinski definition) is 1. The van der Waals surface area contributed by atoms with Crippen LogP contribution in [0.1, 0.15) is 26.5 Å². The van der Waals surface area contributed by atoms with Gasteiger partial charge in [-0.3, -0.25) is 0 Å². The van der Waals surface area contributed by atoms with Crippen LogP contribution in [0, 0.1) is 5.92 Å². The summed E-state index contributed by atoms with van der Waals surface area (Å²) in [5.74, 6) is 0.223. The standard InChI is InChI=1S/C9H15NO/c1-7(2)9(3,11)8-5-4-6-10-8/h4-7,10-11H,1-3H3. The number of aliphatic hydroxyl groups is 1. The van der Waals surface area contributed by atoms with Crippen LogP contribution in [0.25, 0.3) is 0 Å². The maximum atomic E-state index is 9.92. The molecule has 0 aliphatic carbocycles. The first-order valence-electron chi connectivity index (χ1n) is 3.91. The van der Waals surface area contributed by atoms with Gasteiger partial charge in [-0.2, -0.15) is 0 Å². The summed E-state index contributed by atoms with van der Waals surface area (Å²) in [6, 6.07) is 3.80.